The third-order valence-corrected chi connectivity index (χ3v) is 38.7. The lowest BCUT2D eigenvalue weighted by atomic mass is 9.64. The first kappa shape index (κ1) is 105. The summed E-state index contributed by atoms with van der Waals surface area (Å²) in [6.45, 7) is 48.9. The monoisotopic (exact) mass is 1870 g/mol. The van der Waals surface area contributed by atoms with E-state index in [0.717, 1.165) is 127 Å². The number of aryl methyl sites for hydroxylation is 4. The lowest BCUT2D eigenvalue weighted by Gasteiger charge is -2.40. The van der Waals surface area contributed by atoms with Gasteiger partial charge in [-0.3, -0.25) is 0 Å². The van der Waals surface area contributed by atoms with Crippen molar-refractivity contribution in [1.82, 2.24) is 0 Å². The maximum Gasteiger partial charge on any atom is 0.123 e. The van der Waals surface area contributed by atoms with Crippen LogP contribution < -0.4 is 0 Å². The summed E-state index contributed by atoms with van der Waals surface area (Å²) in [7, 11) is 0. The van der Waals surface area contributed by atoms with Crippen LogP contribution in [0.2, 0.25) is 0 Å². The minimum Gasteiger partial charge on any atom is -0.507 e. The normalized spacial score (nSPS) is 20.5. The Morgan fingerprint density at radius 1 is 0.231 bits per heavy atom. The second kappa shape index (κ2) is 46.2. The average molecular weight is 1880 g/mol. The van der Waals surface area contributed by atoms with Crippen molar-refractivity contribution in [1.29, 1.82) is 0 Å². The first-order chi connectivity index (χ1) is 61.4. The maximum absolute atomic E-state index is 12.4. The van der Waals surface area contributed by atoms with Crippen LogP contribution in [0.5, 0.6) is 34.5 Å². The van der Waals surface area contributed by atoms with Gasteiger partial charge in [-0.15, -0.1) is 0 Å². The third-order valence-electron chi connectivity index (χ3n) is 29.3. The molecule has 8 aromatic rings. The minimum absolute atomic E-state index is 0.0216. The molecule has 12 heteroatoms. The summed E-state index contributed by atoms with van der Waals surface area (Å²) in [6.07, 6.45) is 34.6. The highest BCUT2D eigenvalue weighted by atomic mass is 32.2. The smallest absolute Gasteiger partial charge is 0.123 e. The Labute approximate surface area is 815 Å². The molecule has 6 N–H and O–H groups in total. The molecular formula is C118H168O6S6. The molecule has 712 valence electrons. The zero-order chi connectivity index (χ0) is 94.3. The summed E-state index contributed by atoms with van der Waals surface area (Å²) in [6, 6.07) is 49.0. The largest absolute Gasteiger partial charge is 0.507 e. The molecule has 0 aliphatic heterocycles. The molecule has 0 heterocycles. The molecule has 130 heavy (non-hydrogen) atoms. The standard InChI is InChI=1S/C54H72O2S2.2C32H48O2S2/c1-51(2,3)43-33-39(49(55)45(35-43)53(29-19-11-20-30-53)41-23-13-9-14-24-41)37-57-47-27-17-7-8-18-28-48(47)58-38-40-34-44(52(4,5)6)36-46(50(40)56)54(31-21-12-22-32-54)42-25-15-10-16-26-42;2*1-21-15-25(31(3,4)5)17-23(29(21)33)19-35-27-13-11-9-10-12-14-28(27)36-20-24-18-26(32(6,7)8)16-22(2)30(24)34/h9-10,13-16,23-26,33-36,47-48,55-56H,7-8,11-12,17-22,27-32,37-38H2,1-6H3;2*15-18,27-28,33-34H,9-14,19-20H2,1-8H3. The van der Waals surface area contributed by atoms with Crippen LogP contribution in [0.4, 0.5) is 0 Å². The molecule has 6 nitrogen and oxygen atoms in total. The number of phenolic OH excluding ortho intramolecular Hbond substituents is 6. The summed E-state index contributed by atoms with van der Waals surface area (Å²) < 4.78 is 0. The lowest BCUT2D eigenvalue weighted by Crippen LogP contribution is -2.31. The lowest BCUT2D eigenvalue weighted by molar-refractivity contribution is 0.331. The quantitative estimate of drug-likeness (QED) is 0.0388. The van der Waals surface area contributed by atoms with Gasteiger partial charge in [-0.25, -0.2) is 0 Å². The third kappa shape index (κ3) is 27.8. The first-order valence-corrected chi connectivity index (χ1v) is 56.5. The van der Waals surface area contributed by atoms with Gasteiger partial charge in [-0.05, 0) is 191 Å². The van der Waals surface area contributed by atoms with Gasteiger partial charge in [0.25, 0.3) is 0 Å². The van der Waals surface area contributed by atoms with Crippen molar-refractivity contribution in [3.05, 3.63) is 245 Å². The van der Waals surface area contributed by atoms with E-state index in [2.05, 4.69) is 282 Å². The van der Waals surface area contributed by atoms with E-state index in [0.29, 0.717) is 66.0 Å². The number of hydrogen-bond donors (Lipinski definition) is 6. The molecule has 0 amide bonds. The van der Waals surface area contributed by atoms with Crippen LogP contribution in [0.15, 0.2) is 133 Å². The van der Waals surface area contributed by atoms with Gasteiger partial charge in [0.2, 0.25) is 0 Å². The Morgan fingerprint density at radius 3 is 0.600 bits per heavy atom. The molecule has 5 saturated carbocycles. The van der Waals surface area contributed by atoms with Crippen LogP contribution >= 0.6 is 70.6 Å². The number of hydrogen-bond acceptors (Lipinski definition) is 12. The predicted octanol–water partition coefficient (Wildman–Crippen LogP) is 34.6. The van der Waals surface area contributed by atoms with Crippen LogP contribution in [0, 0.1) is 27.7 Å². The van der Waals surface area contributed by atoms with Gasteiger partial charge in [0, 0.05) is 121 Å². The summed E-state index contributed by atoms with van der Waals surface area (Å²) in [5.41, 5.74) is 23.2. The second-order valence-electron chi connectivity index (χ2n) is 45.9. The van der Waals surface area contributed by atoms with Crippen molar-refractivity contribution in [2.75, 3.05) is 0 Å². The number of rotatable bonds is 22. The number of phenols is 6. The average Bonchev–Trinajstić information content (AvgIpc) is 0.748. The molecule has 8 aromatic carbocycles. The summed E-state index contributed by atoms with van der Waals surface area (Å²) in [4.78, 5) is 0. The molecule has 5 aliphatic carbocycles. The van der Waals surface area contributed by atoms with E-state index in [1.807, 2.05) is 74.7 Å². The van der Waals surface area contributed by atoms with E-state index in [1.54, 1.807) is 0 Å². The van der Waals surface area contributed by atoms with Gasteiger partial charge < -0.3 is 30.6 Å². The molecular weight excluding hydrogens is 1710 g/mol. The Morgan fingerprint density at radius 2 is 0.408 bits per heavy atom. The molecule has 13 rings (SSSR count). The highest BCUT2D eigenvalue weighted by Crippen LogP contribution is 2.55. The van der Waals surface area contributed by atoms with Crippen LogP contribution in [-0.4, -0.2) is 62.1 Å². The van der Waals surface area contributed by atoms with E-state index in [1.165, 1.54) is 199 Å². The molecule has 5 aliphatic rings. The fraction of sp³-hybridized carbons (Fsp3) is 0.593. The van der Waals surface area contributed by atoms with Crippen LogP contribution in [0.25, 0.3) is 0 Å². The Kier molecular flexibility index (Phi) is 37.4. The zero-order valence-electron chi connectivity index (χ0n) is 84.3. The fourth-order valence-corrected chi connectivity index (χ4v) is 29.8. The fourth-order valence-electron chi connectivity index (χ4n) is 20.6. The van der Waals surface area contributed by atoms with E-state index in [-0.39, 0.29) is 43.3 Å². The second-order valence-corrected chi connectivity index (χ2v) is 53.2. The molecule has 0 bridgehead atoms. The Bertz CT molecular complexity index is 4480. The molecule has 0 spiro atoms. The van der Waals surface area contributed by atoms with E-state index in [4.69, 9.17) is 0 Å². The van der Waals surface area contributed by atoms with Gasteiger partial charge in [-0.2, -0.15) is 70.6 Å². The van der Waals surface area contributed by atoms with E-state index < -0.39 is 0 Å². The molecule has 0 radical (unpaired) electrons. The summed E-state index contributed by atoms with van der Waals surface area (Å²) in [5, 5.41) is 71.4. The SMILES string of the molecule is CC(C)(C)c1cc(CSC2CCCCCCC2SCc2cc(C(C)(C)C)cc(C3(c4ccccc4)CCCCC3)c2O)c(O)c(C2(c3ccccc3)CCCCC2)c1.Cc1cc(C(C)(C)C)cc(CSC2CCCCCCC2SCc2cc(C(C)(C)C)cc(C)c2O)c1O.Cc1cc(C(C)(C)C)cc(CSC2CCCCCCC2SCc2cc(C(C)(C)C)cc(C)c2O)c1O. The minimum atomic E-state index is -0.151. The predicted molar refractivity (Wildman–Crippen MR) is 574 cm³/mol. The van der Waals surface area contributed by atoms with Crippen molar-refractivity contribution in [3.63, 3.8) is 0 Å². The van der Waals surface area contributed by atoms with E-state index >= 15 is 0 Å². The zero-order valence-corrected chi connectivity index (χ0v) is 89.2. The molecule has 5 fully saturated rings. The van der Waals surface area contributed by atoms with Crippen molar-refractivity contribution in [2.45, 2.75) is 441 Å². The number of thioether (sulfide) groups is 6. The highest BCUT2D eigenvalue weighted by molar-refractivity contribution is 8.04. The van der Waals surface area contributed by atoms with Gasteiger partial charge in [-0.1, -0.05) is 374 Å². The van der Waals surface area contributed by atoms with Gasteiger partial charge >= 0.3 is 0 Å². The van der Waals surface area contributed by atoms with Gasteiger partial charge in [0.05, 0.1) is 0 Å². The summed E-state index contributed by atoms with van der Waals surface area (Å²) in [5.74, 6) is 7.97. The highest BCUT2D eigenvalue weighted by Gasteiger charge is 2.43. The topological polar surface area (TPSA) is 121 Å². The van der Waals surface area contributed by atoms with Crippen molar-refractivity contribution in [2.24, 2.45) is 0 Å². The van der Waals surface area contributed by atoms with Crippen LogP contribution in [-0.2, 0) is 77.8 Å². The van der Waals surface area contributed by atoms with Crippen LogP contribution in [0.1, 0.15) is 416 Å². The van der Waals surface area contributed by atoms with Gasteiger partial charge in [0.15, 0.2) is 0 Å². The molecule has 0 saturated heterocycles. The van der Waals surface area contributed by atoms with Crippen molar-refractivity contribution < 1.29 is 30.6 Å². The number of benzene rings is 8. The maximum atomic E-state index is 12.4. The summed E-state index contributed by atoms with van der Waals surface area (Å²) >= 11 is 12.3. The molecule has 0 aromatic heterocycles. The van der Waals surface area contributed by atoms with Crippen molar-refractivity contribution >= 4 is 70.6 Å². The van der Waals surface area contributed by atoms with Crippen molar-refractivity contribution in [3.8, 4) is 34.5 Å². The molecule has 6 unspecified atom stereocenters. The Balaban J connectivity index is 0.000000198. The number of aromatic hydroxyl groups is 6. The molecule has 6 atom stereocenters. The first-order valence-electron chi connectivity index (χ1n) is 50.2. The van der Waals surface area contributed by atoms with Gasteiger partial charge in [0.1, 0.15) is 34.5 Å². The van der Waals surface area contributed by atoms with E-state index in [9.17, 15) is 30.6 Å². The van der Waals surface area contributed by atoms with Crippen LogP contribution in [0.3, 0.4) is 0 Å². The Hall–Kier alpha value is -5.34.